The SMILES string of the molecule is CC(C)(C)c1ccccc1NCc1ccccc1. The van der Waals surface area contributed by atoms with Crippen LogP contribution in [-0.4, -0.2) is 0 Å². The largest absolute Gasteiger partial charge is 0.381 e. The zero-order valence-corrected chi connectivity index (χ0v) is 11.4. The molecule has 2 aromatic carbocycles. The highest BCUT2D eigenvalue weighted by Gasteiger charge is 2.16. The van der Waals surface area contributed by atoms with Crippen LogP contribution in [0, 0.1) is 0 Å². The van der Waals surface area contributed by atoms with Gasteiger partial charge in [-0.15, -0.1) is 0 Å². The molecule has 2 rings (SSSR count). The molecule has 1 N–H and O–H groups in total. The summed E-state index contributed by atoms with van der Waals surface area (Å²) in [5.74, 6) is 0. The lowest BCUT2D eigenvalue weighted by molar-refractivity contribution is 0.591. The Bertz CT molecular complexity index is 495. The summed E-state index contributed by atoms with van der Waals surface area (Å²) in [7, 11) is 0. The number of para-hydroxylation sites is 1. The predicted molar refractivity (Wildman–Crippen MR) is 78.9 cm³/mol. The summed E-state index contributed by atoms with van der Waals surface area (Å²) in [6.07, 6.45) is 0. The molecule has 1 nitrogen and oxygen atoms in total. The van der Waals surface area contributed by atoms with E-state index in [2.05, 4.69) is 74.6 Å². The monoisotopic (exact) mass is 239 g/mol. The van der Waals surface area contributed by atoms with Crippen LogP contribution in [-0.2, 0) is 12.0 Å². The number of rotatable bonds is 3. The summed E-state index contributed by atoms with van der Waals surface area (Å²) in [6.45, 7) is 7.61. The van der Waals surface area contributed by atoms with Gasteiger partial charge in [0.25, 0.3) is 0 Å². The average Bonchev–Trinajstić information content (AvgIpc) is 2.37. The second-order valence-corrected chi connectivity index (χ2v) is 5.63. The van der Waals surface area contributed by atoms with E-state index >= 15 is 0 Å². The fourth-order valence-corrected chi connectivity index (χ4v) is 2.08. The van der Waals surface area contributed by atoms with Crippen molar-refractivity contribution in [3.8, 4) is 0 Å². The molecule has 0 aromatic heterocycles. The minimum Gasteiger partial charge on any atom is -0.381 e. The van der Waals surface area contributed by atoms with Crippen molar-refractivity contribution in [2.75, 3.05) is 5.32 Å². The first kappa shape index (κ1) is 12.7. The van der Waals surface area contributed by atoms with Crippen LogP contribution >= 0.6 is 0 Å². The summed E-state index contributed by atoms with van der Waals surface area (Å²) in [4.78, 5) is 0. The molecule has 18 heavy (non-hydrogen) atoms. The molecule has 0 amide bonds. The molecule has 0 aliphatic carbocycles. The van der Waals surface area contributed by atoms with E-state index in [1.165, 1.54) is 16.8 Å². The molecule has 0 atom stereocenters. The molecular formula is C17H21N. The number of hydrogen-bond acceptors (Lipinski definition) is 1. The van der Waals surface area contributed by atoms with Gasteiger partial charge >= 0.3 is 0 Å². The predicted octanol–water partition coefficient (Wildman–Crippen LogP) is 4.60. The van der Waals surface area contributed by atoms with Gasteiger partial charge in [0.1, 0.15) is 0 Å². The van der Waals surface area contributed by atoms with Gasteiger partial charge in [-0.3, -0.25) is 0 Å². The Balaban J connectivity index is 2.15. The second kappa shape index (κ2) is 5.26. The maximum absolute atomic E-state index is 3.54. The van der Waals surface area contributed by atoms with Gasteiger partial charge in [0, 0.05) is 12.2 Å². The first-order chi connectivity index (χ1) is 8.57. The number of benzene rings is 2. The van der Waals surface area contributed by atoms with Gasteiger partial charge in [-0.25, -0.2) is 0 Å². The third kappa shape index (κ3) is 3.13. The van der Waals surface area contributed by atoms with Crippen LogP contribution in [0.2, 0.25) is 0 Å². The Morgan fingerprint density at radius 1 is 0.833 bits per heavy atom. The highest BCUT2D eigenvalue weighted by Crippen LogP contribution is 2.29. The molecule has 0 bridgehead atoms. The Kier molecular flexibility index (Phi) is 3.71. The highest BCUT2D eigenvalue weighted by atomic mass is 14.9. The van der Waals surface area contributed by atoms with Gasteiger partial charge in [-0.05, 0) is 22.6 Å². The lowest BCUT2D eigenvalue weighted by Gasteiger charge is -2.23. The lowest BCUT2D eigenvalue weighted by Crippen LogP contribution is -2.14. The van der Waals surface area contributed by atoms with Crippen LogP contribution in [0.5, 0.6) is 0 Å². The van der Waals surface area contributed by atoms with E-state index in [0.717, 1.165) is 6.54 Å². The third-order valence-electron chi connectivity index (χ3n) is 3.06. The van der Waals surface area contributed by atoms with E-state index in [0.29, 0.717) is 0 Å². The first-order valence-corrected chi connectivity index (χ1v) is 6.45. The zero-order chi connectivity index (χ0) is 13.0. The van der Waals surface area contributed by atoms with Gasteiger partial charge in [0.15, 0.2) is 0 Å². The van der Waals surface area contributed by atoms with E-state index in [1.807, 2.05) is 6.07 Å². The van der Waals surface area contributed by atoms with E-state index in [1.54, 1.807) is 0 Å². The first-order valence-electron chi connectivity index (χ1n) is 6.45. The van der Waals surface area contributed by atoms with Crippen LogP contribution in [0.25, 0.3) is 0 Å². The number of anilines is 1. The quantitative estimate of drug-likeness (QED) is 0.825. The van der Waals surface area contributed by atoms with Gasteiger partial charge in [-0.1, -0.05) is 69.3 Å². The van der Waals surface area contributed by atoms with Crippen molar-refractivity contribution in [1.82, 2.24) is 0 Å². The van der Waals surface area contributed by atoms with E-state index < -0.39 is 0 Å². The summed E-state index contributed by atoms with van der Waals surface area (Å²) in [5, 5.41) is 3.54. The summed E-state index contributed by atoms with van der Waals surface area (Å²) < 4.78 is 0. The topological polar surface area (TPSA) is 12.0 Å². The van der Waals surface area contributed by atoms with Crippen molar-refractivity contribution >= 4 is 5.69 Å². The van der Waals surface area contributed by atoms with Gasteiger partial charge < -0.3 is 5.32 Å². The van der Waals surface area contributed by atoms with Crippen molar-refractivity contribution in [3.63, 3.8) is 0 Å². The molecule has 0 saturated carbocycles. The minimum absolute atomic E-state index is 0.167. The van der Waals surface area contributed by atoms with Crippen molar-refractivity contribution in [2.24, 2.45) is 0 Å². The smallest absolute Gasteiger partial charge is 0.0400 e. The molecule has 2 aromatic rings. The molecule has 0 heterocycles. The maximum Gasteiger partial charge on any atom is 0.0400 e. The third-order valence-corrected chi connectivity index (χ3v) is 3.06. The Labute approximate surface area is 110 Å². The minimum atomic E-state index is 0.167. The standard InChI is InChI=1S/C17H21N/c1-17(2,3)15-11-7-8-12-16(15)18-13-14-9-5-4-6-10-14/h4-12,18H,13H2,1-3H3. The molecule has 0 spiro atoms. The Hall–Kier alpha value is -1.76. The molecular weight excluding hydrogens is 218 g/mol. The van der Waals surface area contributed by atoms with Crippen LogP contribution in [0.3, 0.4) is 0 Å². The molecule has 0 unspecified atom stereocenters. The molecule has 0 aliphatic rings. The van der Waals surface area contributed by atoms with Crippen LogP contribution in [0.1, 0.15) is 31.9 Å². The zero-order valence-electron chi connectivity index (χ0n) is 11.4. The fraction of sp³-hybridized carbons (Fsp3) is 0.294. The fourth-order valence-electron chi connectivity index (χ4n) is 2.08. The van der Waals surface area contributed by atoms with E-state index in [-0.39, 0.29) is 5.41 Å². The van der Waals surface area contributed by atoms with Crippen molar-refractivity contribution in [2.45, 2.75) is 32.7 Å². The number of nitrogens with one attached hydrogen (secondary N) is 1. The van der Waals surface area contributed by atoms with Gasteiger partial charge in [0.2, 0.25) is 0 Å². The summed E-state index contributed by atoms with van der Waals surface area (Å²) in [6, 6.07) is 19.0. The van der Waals surface area contributed by atoms with Gasteiger partial charge in [-0.2, -0.15) is 0 Å². The van der Waals surface area contributed by atoms with Crippen molar-refractivity contribution in [1.29, 1.82) is 0 Å². The van der Waals surface area contributed by atoms with Crippen LogP contribution in [0.4, 0.5) is 5.69 Å². The van der Waals surface area contributed by atoms with Crippen LogP contribution < -0.4 is 5.32 Å². The molecule has 94 valence electrons. The maximum atomic E-state index is 3.54. The Morgan fingerprint density at radius 2 is 1.44 bits per heavy atom. The normalized spacial score (nSPS) is 11.3. The van der Waals surface area contributed by atoms with E-state index in [4.69, 9.17) is 0 Å². The number of hydrogen-bond donors (Lipinski definition) is 1. The molecule has 0 radical (unpaired) electrons. The summed E-state index contributed by atoms with van der Waals surface area (Å²) >= 11 is 0. The molecule has 0 aliphatic heterocycles. The van der Waals surface area contributed by atoms with Crippen LogP contribution in [0.15, 0.2) is 54.6 Å². The Morgan fingerprint density at radius 3 is 2.11 bits per heavy atom. The molecule has 1 heteroatoms. The van der Waals surface area contributed by atoms with E-state index in [9.17, 15) is 0 Å². The van der Waals surface area contributed by atoms with Gasteiger partial charge in [0.05, 0.1) is 0 Å². The summed E-state index contributed by atoms with van der Waals surface area (Å²) in [5.41, 5.74) is 4.07. The molecule has 0 fully saturated rings. The molecule has 0 saturated heterocycles. The average molecular weight is 239 g/mol. The highest BCUT2D eigenvalue weighted by molar-refractivity contribution is 5.54. The second-order valence-electron chi connectivity index (χ2n) is 5.63. The van der Waals surface area contributed by atoms with Crippen molar-refractivity contribution < 1.29 is 0 Å². The lowest BCUT2D eigenvalue weighted by atomic mass is 9.86. The van der Waals surface area contributed by atoms with Crippen molar-refractivity contribution in [3.05, 3.63) is 65.7 Å².